The molecule has 0 spiro atoms. The lowest BCUT2D eigenvalue weighted by Crippen LogP contribution is -2.35. The quantitative estimate of drug-likeness (QED) is 0.905. The van der Waals surface area contributed by atoms with Crippen LogP contribution >= 0.6 is 0 Å². The van der Waals surface area contributed by atoms with Crippen LogP contribution in [-0.4, -0.2) is 26.0 Å². The Morgan fingerprint density at radius 3 is 2.83 bits per heavy atom. The van der Waals surface area contributed by atoms with E-state index < -0.39 is 10.0 Å². The molecule has 1 aromatic heterocycles. The molecule has 2 heterocycles. The van der Waals surface area contributed by atoms with Crippen molar-refractivity contribution in [3.63, 3.8) is 0 Å². The lowest BCUT2D eigenvalue weighted by atomic mass is 9.98. The van der Waals surface area contributed by atoms with Gasteiger partial charge in [0, 0.05) is 37.2 Å². The second kappa shape index (κ2) is 6.91. The number of benzene rings is 1. The third kappa shape index (κ3) is 3.60. The maximum atomic E-state index is 12.3. The number of hydrogen-bond donors (Lipinski definition) is 1. The highest BCUT2D eigenvalue weighted by molar-refractivity contribution is 7.89. The fraction of sp³-hybridized carbons (Fsp3) is 0.389. The maximum absolute atomic E-state index is 12.3. The highest BCUT2D eigenvalue weighted by atomic mass is 32.2. The molecule has 0 radical (unpaired) electrons. The summed E-state index contributed by atoms with van der Waals surface area (Å²) in [4.78, 5) is 6.46. The molecular weight excluding hydrogens is 322 g/mol. The second-order valence-electron chi connectivity index (χ2n) is 6.37. The van der Waals surface area contributed by atoms with Gasteiger partial charge in [-0.1, -0.05) is 12.1 Å². The van der Waals surface area contributed by atoms with Crippen molar-refractivity contribution in [1.82, 2.24) is 9.71 Å². The topological polar surface area (TPSA) is 62.3 Å². The first kappa shape index (κ1) is 16.9. The van der Waals surface area contributed by atoms with Gasteiger partial charge in [-0.2, -0.15) is 0 Å². The molecule has 6 heteroatoms. The van der Waals surface area contributed by atoms with Crippen LogP contribution in [-0.2, 0) is 23.0 Å². The number of hydrogen-bond acceptors (Lipinski definition) is 4. The zero-order valence-corrected chi connectivity index (χ0v) is 14.9. The molecule has 0 atom stereocenters. The maximum Gasteiger partial charge on any atom is 0.242 e. The summed E-state index contributed by atoms with van der Waals surface area (Å²) in [6, 6.07) is 9.87. The Balaban J connectivity index is 1.75. The van der Waals surface area contributed by atoms with Gasteiger partial charge in [-0.3, -0.25) is 4.98 Å². The number of aromatic nitrogens is 1. The fourth-order valence-electron chi connectivity index (χ4n) is 3.09. The Bertz CT molecular complexity index is 804. The molecule has 0 saturated heterocycles. The van der Waals surface area contributed by atoms with E-state index in [1.807, 2.05) is 6.07 Å². The normalized spacial score (nSPS) is 14.7. The Kier molecular flexibility index (Phi) is 4.87. The minimum Gasteiger partial charge on any atom is -0.369 e. The summed E-state index contributed by atoms with van der Waals surface area (Å²) in [5.74, 6) is 0. The molecule has 2 aromatic rings. The zero-order valence-electron chi connectivity index (χ0n) is 14.1. The van der Waals surface area contributed by atoms with Gasteiger partial charge < -0.3 is 4.90 Å². The molecule has 1 aliphatic rings. The first-order chi connectivity index (χ1) is 11.5. The average Bonchev–Trinajstić information content (AvgIpc) is 2.60. The summed E-state index contributed by atoms with van der Waals surface area (Å²) in [7, 11) is -3.53. The zero-order chi connectivity index (χ0) is 17.2. The highest BCUT2D eigenvalue weighted by Crippen LogP contribution is 2.29. The van der Waals surface area contributed by atoms with E-state index in [0.717, 1.165) is 24.9 Å². The molecule has 1 aromatic carbocycles. The molecule has 5 nitrogen and oxygen atoms in total. The third-order valence-electron chi connectivity index (χ3n) is 4.33. The smallest absolute Gasteiger partial charge is 0.242 e. The number of nitrogens with zero attached hydrogens (tertiary/aromatic N) is 2. The first-order valence-corrected chi connectivity index (χ1v) is 9.74. The molecule has 0 saturated carbocycles. The summed E-state index contributed by atoms with van der Waals surface area (Å²) in [5.41, 5.74) is 3.55. The monoisotopic (exact) mass is 345 g/mol. The summed E-state index contributed by atoms with van der Waals surface area (Å²) in [5, 5.41) is 0. The molecule has 3 rings (SSSR count). The van der Waals surface area contributed by atoms with Crippen molar-refractivity contribution in [1.29, 1.82) is 0 Å². The molecule has 0 fully saturated rings. The molecule has 0 bridgehead atoms. The van der Waals surface area contributed by atoms with Gasteiger partial charge in [0.15, 0.2) is 0 Å². The van der Waals surface area contributed by atoms with E-state index in [1.54, 1.807) is 18.3 Å². The van der Waals surface area contributed by atoms with E-state index in [0.29, 0.717) is 6.04 Å². The van der Waals surface area contributed by atoms with Crippen LogP contribution in [0.1, 0.15) is 31.4 Å². The number of anilines is 1. The minimum atomic E-state index is -3.53. The summed E-state index contributed by atoms with van der Waals surface area (Å²) in [6.45, 7) is 5.76. The summed E-state index contributed by atoms with van der Waals surface area (Å²) < 4.78 is 27.2. The van der Waals surface area contributed by atoms with Crippen molar-refractivity contribution >= 4 is 15.7 Å². The van der Waals surface area contributed by atoms with Gasteiger partial charge in [0.2, 0.25) is 10.0 Å². The van der Waals surface area contributed by atoms with Crippen LogP contribution in [0.3, 0.4) is 0 Å². The van der Waals surface area contributed by atoms with Crippen LogP contribution in [0, 0.1) is 0 Å². The molecule has 1 N–H and O–H groups in total. The van der Waals surface area contributed by atoms with Gasteiger partial charge in [0.05, 0.1) is 0 Å². The predicted octanol–water partition coefficient (Wildman–Crippen LogP) is 2.72. The highest BCUT2D eigenvalue weighted by Gasteiger charge is 2.20. The van der Waals surface area contributed by atoms with Crippen LogP contribution < -0.4 is 9.62 Å². The summed E-state index contributed by atoms with van der Waals surface area (Å²) in [6.07, 6.45) is 5.09. The van der Waals surface area contributed by atoms with Crippen molar-refractivity contribution in [3.05, 3.63) is 53.9 Å². The van der Waals surface area contributed by atoms with Crippen LogP contribution in [0.15, 0.2) is 47.6 Å². The van der Waals surface area contributed by atoms with Gasteiger partial charge in [-0.25, -0.2) is 13.1 Å². The number of sulfonamides is 1. The predicted molar refractivity (Wildman–Crippen MR) is 95.5 cm³/mol. The number of fused-ring (bicyclic) bond motifs is 1. The molecule has 1 aliphatic heterocycles. The Morgan fingerprint density at radius 2 is 2.12 bits per heavy atom. The molecule has 0 amide bonds. The number of pyridine rings is 1. The van der Waals surface area contributed by atoms with E-state index in [1.165, 1.54) is 17.4 Å². The standard InChI is InChI=1S/C18H23N3O2S/c1-14(2)21-10-4-5-16-11-15(7-8-18(16)21)12-20-24(22,23)17-6-3-9-19-13-17/h3,6-9,11,13-14,20H,4-5,10,12H2,1-2H3. The summed E-state index contributed by atoms with van der Waals surface area (Å²) >= 11 is 0. The van der Waals surface area contributed by atoms with E-state index in [2.05, 4.69) is 40.6 Å². The largest absolute Gasteiger partial charge is 0.369 e. The van der Waals surface area contributed by atoms with Gasteiger partial charge in [0.1, 0.15) is 4.90 Å². The van der Waals surface area contributed by atoms with Gasteiger partial charge in [0.25, 0.3) is 0 Å². The molecular formula is C18H23N3O2S. The van der Waals surface area contributed by atoms with E-state index in [9.17, 15) is 8.42 Å². The molecule has 0 unspecified atom stereocenters. The molecule has 128 valence electrons. The number of aryl methyl sites for hydroxylation is 1. The van der Waals surface area contributed by atoms with Crippen molar-refractivity contribution in [3.8, 4) is 0 Å². The van der Waals surface area contributed by atoms with Crippen molar-refractivity contribution in [2.45, 2.75) is 44.2 Å². The first-order valence-electron chi connectivity index (χ1n) is 8.25. The van der Waals surface area contributed by atoms with E-state index in [4.69, 9.17) is 0 Å². The second-order valence-corrected chi connectivity index (χ2v) is 8.13. The van der Waals surface area contributed by atoms with Crippen molar-refractivity contribution in [2.75, 3.05) is 11.4 Å². The Labute approximate surface area is 143 Å². The van der Waals surface area contributed by atoms with Gasteiger partial charge >= 0.3 is 0 Å². The Morgan fingerprint density at radius 1 is 1.29 bits per heavy atom. The SMILES string of the molecule is CC(C)N1CCCc2cc(CNS(=O)(=O)c3cccnc3)ccc21. The average molecular weight is 345 g/mol. The fourth-order valence-corrected chi connectivity index (χ4v) is 4.07. The van der Waals surface area contributed by atoms with Gasteiger partial charge in [-0.05, 0) is 56.0 Å². The van der Waals surface area contributed by atoms with Crippen molar-refractivity contribution in [2.24, 2.45) is 0 Å². The van der Waals surface area contributed by atoms with Crippen LogP contribution in [0.25, 0.3) is 0 Å². The third-order valence-corrected chi connectivity index (χ3v) is 5.72. The lowest BCUT2D eigenvalue weighted by Gasteiger charge is -2.35. The van der Waals surface area contributed by atoms with Gasteiger partial charge in [-0.15, -0.1) is 0 Å². The van der Waals surface area contributed by atoms with Crippen molar-refractivity contribution < 1.29 is 8.42 Å². The van der Waals surface area contributed by atoms with Crippen LogP contribution in [0.5, 0.6) is 0 Å². The number of nitrogens with one attached hydrogen (secondary N) is 1. The minimum absolute atomic E-state index is 0.189. The lowest BCUT2D eigenvalue weighted by molar-refractivity contribution is 0.580. The van der Waals surface area contributed by atoms with Crippen LogP contribution in [0.2, 0.25) is 0 Å². The van der Waals surface area contributed by atoms with E-state index >= 15 is 0 Å². The Hall–Kier alpha value is -1.92. The van der Waals surface area contributed by atoms with Crippen LogP contribution in [0.4, 0.5) is 5.69 Å². The number of rotatable bonds is 5. The molecule has 0 aliphatic carbocycles. The molecule has 24 heavy (non-hydrogen) atoms. The van der Waals surface area contributed by atoms with E-state index in [-0.39, 0.29) is 11.4 Å².